The van der Waals surface area contributed by atoms with Crippen molar-refractivity contribution in [3.05, 3.63) is 82.4 Å². The summed E-state index contributed by atoms with van der Waals surface area (Å²) in [4.78, 5) is 22.6. The van der Waals surface area contributed by atoms with Crippen molar-refractivity contribution in [2.24, 2.45) is 0 Å². The Labute approximate surface area is 144 Å². The van der Waals surface area contributed by atoms with Gasteiger partial charge < -0.3 is 4.57 Å². The minimum atomic E-state index is -0.435. The third kappa shape index (κ3) is 3.40. The number of benzene rings is 1. The molecule has 25 heavy (non-hydrogen) atoms. The minimum absolute atomic E-state index is 0.0380. The van der Waals surface area contributed by atoms with Gasteiger partial charge in [0.1, 0.15) is 5.69 Å². The van der Waals surface area contributed by atoms with E-state index in [2.05, 4.69) is 5.10 Å². The van der Waals surface area contributed by atoms with E-state index in [1.807, 2.05) is 29.8 Å². The molecule has 0 aliphatic rings. The number of nitrogens with zero attached hydrogens (tertiary/aromatic N) is 4. The highest BCUT2D eigenvalue weighted by atomic mass is 16.6. The van der Waals surface area contributed by atoms with Gasteiger partial charge in [0, 0.05) is 42.5 Å². The van der Waals surface area contributed by atoms with E-state index in [0.29, 0.717) is 12.2 Å². The Hall–Kier alpha value is -3.48. The molecule has 0 fully saturated rings. The Kier molecular flexibility index (Phi) is 4.56. The van der Waals surface area contributed by atoms with Gasteiger partial charge in [-0.3, -0.25) is 19.6 Å². The average molecular weight is 336 g/mol. The summed E-state index contributed by atoms with van der Waals surface area (Å²) in [7, 11) is 0. The van der Waals surface area contributed by atoms with Gasteiger partial charge in [-0.15, -0.1) is 0 Å². The van der Waals surface area contributed by atoms with E-state index in [1.54, 1.807) is 35.2 Å². The first-order chi connectivity index (χ1) is 12.1. The van der Waals surface area contributed by atoms with Gasteiger partial charge in [0.05, 0.1) is 4.92 Å². The molecule has 7 heteroatoms. The van der Waals surface area contributed by atoms with Crippen LogP contribution in [-0.2, 0) is 6.54 Å². The first-order valence-corrected chi connectivity index (χ1v) is 7.76. The maximum Gasteiger partial charge on any atom is 0.269 e. The molecule has 2 heterocycles. The Bertz CT molecular complexity index is 935. The van der Waals surface area contributed by atoms with Crippen LogP contribution in [0.5, 0.6) is 0 Å². The van der Waals surface area contributed by atoms with Crippen LogP contribution in [0, 0.1) is 10.1 Å². The number of carbonyl (C=O) groups excluding carboxylic acids is 1. The molecule has 0 aliphatic carbocycles. The van der Waals surface area contributed by atoms with Crippen LogP contribution in [-0.4, -0.2) is 25.1 Å². The van der Waals surface area contributed by atoms with Crippen LogP contribution in [0.15, 0.2) is 60.9 Å². The van der Waals surface area contributed by atoms with Crippen LogP contribution in [0.4, 0.5) is 5.69 Å². The molecule has 0 spiro atoms. The molecule has 0 amide bonds. The molecule has 7 nitrogen and oxygen atoms in total. The first-order valence-electron chi connectivity index (χ1n) is 7.76. The molecule has 3 aromatic rings. The summed E-state index contributed by atoms with van der Waals surface area (Å²) in [5.41, 5.74) is 2.15. The third-order valence-corrected chi connectivity index (χ3v) is 3.79. The second-order valence-corrected chi connectivity index (χ2v) is 5.31. The maximum absolute atomic E-state index is 12.3. The van der Waals surface area contributed by atoms with E-state index < -0.39 is 4.92 Å². The summed E-state index contributed by atoms with van der Waals surface area (Å²) >= 11 is 0. The summed E-state index contributed by atoms with van der Waals surface area (Å²) in [5, 5.41) is 14.8. The molecule has 0 saturated heterocycles. The largest absolute Gasteiger partial charge is 0.317 e. The van der Waals surface area contributed by atoms with Crippen molar-refractivity contribution in [1.29, 1.82) is 0 Å². The SMILES string of the molecule is CCn1nccc1C(=O)/C=C/c1cccn1-c1ccc([N+](=O)[O-])cc1. The first kappa shape index (κ1) is 16.4. The Morgan fingerprint density at radius 1 is 1.24 bits per heavy atom. The number of hydrogen-bond donors (Lipinski definition) is 0. The van der Waals surface area contributed by atoms with Crippen LogP contribution < -0.4 is 0 Å². The van der Waals surface area contributed by atoms with Crippen LogP contribution in [0.25, 0.3) is 11.8 Å². The maximum atomic E-state index is 12.3. The van der Waals surface area contributed by atoms with E-state index >= 15 is 0 Å². The molecule has 0 N–H and O–H groups in total. The predicted molar refractivity (Wildman–Crippen MR) is 93.7 cm³/mol. The van der Waals surface area contributed by atoms with E-state index in [1.165, 1.54) is 18.2 Å². The minimum Gasteiger partial charge on any atom is -0.317 e. The summed E-state index contributed by atoms with van der Waals surface area (Å²) < 4.78 is 3.49. The lowest BCUT2D eigenvalue weighted by atomic mass is 10.2. The second kappa shape index (κ2) is 6.96. The number of rotatable bonds is 6. The standard InChI is InChI=1S/C18H16N4O3/c1-2-21-17(11-12-19-21)18(23)10-9-14-4-3-13-20(14)15-5-7-16(8-6-15)22(24)25/h3-13H,2H2,1H3/b10-9+. The lowest BCUT2D eigenvalue weighted by Crippen LogP contribution is -2.07. The zero-order chi connectivity index (χ0) is 17.8. The van der Waals surface area contributed by atoms with Crippen molar-refractivity contribution in [3.63, 3.8) is 0 Å². The highest BCUT2D eigenvalue weighted by molar-refractivity contribution is 6.05. The molecule has 0 unspecified atom stereocenters. The van der Waals surface area contributed by atoms with Crippen LogP contribution in [0.2, 0.25) is 0 Å². The highest BCUT2D eigenvalue weighted by Gasteiger charge is 2.09. The Morgan fingerprint density at radius 2 is 2.00 bits per heavy atom. The van der Waals surface area contributed by atoms with Crippen molar-refractivity contribution in [1.82, 2.24) is 14.3 Å². The van der Waals surface area contributed by atoms with Gasteiger partial charge in [-0.2, -0.15) is 5.10 Å². The van der Waals surface area contributed by atoms with Crippen molar-refractivity contribution in [2.45, 2.75) is 13.5 Å². The average Bonchev–Trinajstić information content (AvgIpc) is 3.28. The van der Waals surface area contributed by atoms with Gasteiger partial charge in [-0.1, -0.05) is 0 Å². The molecule has 0 radical (unpaired) electrons. The van der Waals surface area contributed by atoms with Gasteiger partial charge in [0.15, 0.2) is 0 Å². The van der Waals surface area contributed by atoms with Gasteiger partial charge in [0.2, 0.25) is 5.78 Å². The monoisotopic (exact) mass is 336 g/mol. The topological polar surface area (TPSA) is 83.0 Å². The predicted octanol–water partition coefficient (Wildman–Crippen LogP) is 3.50. The number of aryl methyl sites for hydroxylation is 1. The molecular weight excluding hydrogens is 320 g/mol. The third-order valence-electron chi connectivity index (χ3n) is 3.79. The Morgan fingerprint density at radius 3 is 2.68 bits per heavy atom. The lowest BCUT2D eigenvalue weighted by molar-refractivity contribution is -0.384. The highest BCUT2D eigenvalue weighted by Crippen LogP contribution is 2.18. The van der Waals surface area contributed by atoms with E-state index in [0.717, 1.165) is 11.4 Å². The van der Waals surface area contributed by atoms with Gasteiger partial charge in [-0.05, 0) is 49.4 Å². The van der Waals surface area contributed by atoms with Crippen LogP contribution in [0.1, 0.15) is 23.1 Å². The number of nitro groups is 1. The fourth-order valence-electron chi connectivity index (χ4n) is 2.54. The summed E-state index contributed by atoms with van der Waals surface area (Å²) in [6.45, 7) is 2.55. The zero-order valence-electron chi connectivity index (χ0n) is 13.6. The molecule has 126 valence electrons. The van der Waals surface area contributed by atoms with Crippen molar-refractivity contribution in [2.75, 3.05) is 0 Å². The number of aromatic nitrogens is 3. The van der Waals surface area contributed by atoms with Crippen LogP contribution in [0.3, 0.4) is 0 Å². The smallest absolute Gasteiger partial charge is 0.269 e. The molecular formula is C18H16N4O3. The number of carbonyl (C=O) groups is 1. The number of non-ortho nitro benzene ring substituents is 1. The summed E-state index contributed by atoms with van der Waals surface area (Å²) in [5.74, 6) is -0.129. The number of nitro benzene ring substituents is 1. The molecule has 0 bridgehead atoms. The van der Waals surface area contributed by atoms with Gasteiger partial charge >= 0.3 is 0 Å². The zero-order valence-corrected chi connectivity index (χ0v) is 13.6. The molecule has 0 saturated carbocycles. The molecule has 0 aliphatic heterocycles. The quantitative estimate of drug-likeness (QED) is 0.298. The number of ketones is 1. The molecule has 3 rings (SSSR count). The number of allylic oxidation sites excluding steroid dienone is 1. The van der Waals surface area contributed by atoms with E-state index in [9.17, 15) is 14.9 Å². The molecule has 2 aromatic heterocycles. The molecule has 1 aromatic carbocycles. The fraction of sp³-hybridized carbons (Fsp3) is 0.111. The lowest BCUT2D eigenvalue weighted by Gasteiger charge is -2.06. The van der Waals surface area contributed by atoms with Crippen LogP contribution >= 0.6 is 0 Å². The summed E-state index contributed by atoms with van der Waals surface area (Å²) in [6.07, 6.45) is 6.66. The van der Waals surface area contributed by atoms with Crippen molar-refractivity contribution in [3.8, 4) is 5.69 Å². The normalized spacial score (nSPS) is 11.1. The van der Waals surface area contributed by atoms with Gasteiger partial charge in [-0.25, -0.2) is 0 Å². The van der Waals surface area contributed by atoms with E-state index in [4.69, 9.17) is 0 Å². The van der Waals surface area contributed by atoms with Gasteiger partial charge in [0.25, 0.3) is 5.69 Å². The van der Waals surface area contributed by atoms with E-state index in [-0.39, 0.29) is 11.5 Å². The molecule has 0 atom stereocenters. The second-order valence-electron chi connectivity index (χ2n) is 5.31. The van der Waals surface area contributed by atoms with Crippen molar-refractivity contribution >= 4 is 17.5 Å². The Balaban J connectivity index is 1.84. The fourth-order valence-corrected chi connectivity index (χ4v) is 2.54. The number of hydrogen-bond acceptors (Lipinski definition) is 4. The van der Waals surface area contributed by atoms with Crippen molar-refractivity contribution < 1.29 is 9.72 Å². The summed E-state index contributed by atoms with van der Waals surface area (Å²) in [6, 6.07) is 11.6.